The lowest BCUT2D eigenvalue weighted by Gasteiger charge is -2.42. The number of benzene rings is 1. The first-order valence-corrected chi connectivity index (χ1v) is 12.5. The number of nitrogens with zero attached hydrogens (tertiary/aromatic N) is 3. The summed E-state index contributed by atoms with van der Waals surface area (Å²) in [5.41, 5.74) is 1.90. The summed E-state index contributed by atoms with van der Waals surface area (Å²) in [7, 11) is 1.60. The number of rotatable bonds is 5. The molecular formula is C25H25N3O4S2. The topological polar surface area (TPSA) is 71.8 Å². The van der Waals surface area contributed by atoms with Gasteiger partial charge in [0.15, 0.2) is 0 Å². The normalized spacial score (nSPS) is 22.8. The summed E-state index contributed by atoms with van der Waals surface area (Å²) in [4.78, 5) is 42.2. The molecule has 2 unspecified atom stereocenters. The minimum atomic E-state index is -0.172. The van der Waals surface area contributed by atoms with Crippen LogP contribution in [0.15, 0.2) is 52.2 Å². The van der Waals surface area contributed by atoms with Crippen LogP contribution in [0.4, 0.5) is 0 Å². The third kappa shape index (κ3) is 4.42. The van der Waals surface area contributed by atoms with Crippen LogP contribution in [0.1, 0.15) is 30.0 Å². The van der Waals surface area contributed by atoms with E-state index in [1.807, 2.05) is 39.8 Å². The van der Waals surface area contributed by atoms with Gasteiger partial charge in [-0.15, -0.1) is 0 Å². The van der Waals surface area contributed by atoms with Crippen LogP contribution in [0.2, 0.25) is 0 Å². The second-order valence-electron chi connectivity index (χ2n) is 8.86. The van der Waals surface area contributed by atoms with Crippen molar-refractivity contribution in [2.24, 2.45) is 5.92 Å². The molecule has 2 bridgehead atoms. The van der Waals surface area contributed by atoms with Gasteiger partial charge < -0.3 is 14.2 Å². The summed E-state index contributed by atoms with van der Waals surface area (Å²) in [6, 6.07) is 12.9. The molecule has 2 atom stereocenters. The van der Waals surface area contributed by atoms with E-state index in [9.17, 15) is 14.4 Å². The first kappa shape index (κ1) is 22.9. The van der Waals surface area contributed by atoms with Crippen molar-refractivity contribution < 1.29 is 14.3 Å². The summed E-state index contributed by atoms with van der Waals surface area (Å²) < 4.78 is 7.57. The largest absolute Gasteiger partial charge is 0.497 e. The van der Waals surface area contributed by atoms with Crippen molar-refractivity contribution in [2.75, 3.05) is 26.7 Å². The second kappa shape index (κ2) is 9.38. The number of likely N-dealkylation sites (tertiary alicyclic amines) is 1. The van der Waals surface area contributed by atoms with Crippen molar-refractivity contribution in [3.05, 3.63) is 69.0 Å². The molecule has 9 heteroatoms. The Bertz CT molecular complexity index is 1250. The van der Waals surface area contributed by atoms with Crippen molar-refractivity contribution in [1.29, 1.82) is 0 Å². The first-order valence-electron chi connectivity index (χ1n) is 11.3. The van der Waals surface area contributed by atoms with Gasteiger partial charge in [0.05, 0.1) is 12.0 Å². The van der Waals surface area contributed by atoms with Gasteiger partial charge in [-0.25, -0.2) is 0 Å². The highest BCUT2D eigenvalue weighted by Crippen LogP contribution is 2.36. The summed E-state index contributed by atoms with van der Waals surface area (Å²) >= 11 is 6.69. The van der Waals surface area contributed by atoms with Crippen LogP contribution in [0.5, 0.6) is 5.75 Å². The fraction of sp³-hybridized carbons (Fsp3) is 0.360. The van der Waals surface area contributed by atoms with Gasteiger partial charge >= 0.3 is 0 Å². The van der Waals surface area contributed by atoms with Crippen LogP contribution < -0.4 is 10.3 Å². The quantitative estimate of drug-likeness (QED) is 0.469. The standard InChI is InChI=1S/C25H25N3O4S2/c1-32-19-5-2-4-16(11-19)12-21-24(31)27(25(33)34-21)9-8-22(29)26-13-17-10-18(15-26)20-6-3-7-23(30)28(20)14-17/h2-7,11-12,17-18H,8-10,13-15H2,1H3. The number of aromatic nitrogens is 1. The number of hydrogen-bond donors (Lipinski definition) is 0. The molecule has 5 rings (SSSR count). The third-order valence-corrected chi connectivity index (χ3v) is 8.02. The van der Waals surface area contributed by atoms with Gasteiger partial charge in [-0.05, 0) is 42.2 Å². The van der Waals surface area contributed by atoms with E-state index in [0.29, 0.717) is 34.6 Å². The van der Waals surface area contributed by atoms with Crippen molar-refractivity contribution in [3.8, 4) is 5.75 Å². The summed E-state index contributed by atoms with van der Waals surface area (Å²) in [6.07, 6.45) is 3.02. The molecule has 2 saturated heterocycles. The Hall–Kier alpha value is -2.91. The molecule has 0 aliphatic carbocycles. The van der Waals surface area contributed by atoms with E-state index in [-0.39, 0.29) is 42.2 Å². The van der Waals surface area contributed by atoms with Crippen LogP contribution in [0.3, 0.4) is 0 Å². The molecule has 0 spiro atoms. The number of methoxy groups -OCH3 is 1. The number of pyridine rings is 1. The number of fused-ring (bicyclic) bond motifs is 4. The molecule has 2 amide bonds. The number of ether oxygens (including phenoxy) is 1. The Morgan fingerprint density at radius 2 is 2.00 bits per heavy atom. The van der Waals surface area contributed by atoms with E-state index in [1.54, 1.807) is 25.3 Å². The molecule has 0 radical (unpaired) electrons. The molecule has 1 aromatic heterocycles. The van der Waals surface area contributed by atoms with Crippen LogP contribution in [-0.2, 0) is 16.1 Å². The zero-order chi connectivity index (χ0) is 23.8. The maximum absolute atomic E-state index is 13.1. The van der Waals surface area contributed by atoms with Gasteiger partial charge in [0, 0.05) is 50.3 Å². The molecule has 3 aliphatic rings. The molecule has 0 saturated carbocycles. The molecule has 34 heavy (non-hydrogen) atoms. The van der Waals surface area contributed by atoms with E-state index < -0.39 is 0 Å². The highest BCUT2D eigenvalue weighted by Gasteiger charge is 2.37. The van der Waals surface area contributed by atoms with E-state index in [4.69, 9.17) is 17.0 Å². The molecule has 1 aromatic carbocycles. The SMILES string of the molecule is COc1cccc(C=C2SC(=S)N(CCC(=O)N3CC4CC(C3)c3cccc(=O)n3C4)C2=O)c1. The van der Waals surface area contributed by atoms with Gasteiger partial charge in [0.1, 0.15) is 10.1 Å². The molecular weight excluding hydrogens is 470 g/mol. The van der Waals surface area contributed by atoms with Crippen LogP contribution in [0, 0.1) is 5.92 Å². The number of carbonyl (C=O) groups is 2. The Morgan fingerprint density at radius 1 is 1.18 bits per heavy atom. The summed E-state index contributed by atoms with van der Waals surface area (Å²) in [5.74, 6) is 1.01. The summed E-state index contributed by atoms with van der Waals surface area (Å²) in [5, 5.41) is 0. The van der Waals surface area contributed by atoms with Crippen molar-refractivity contribution in [1.82, 2.24) is 14.4 Å². The number of carbonyl (C=O) groups excluding carboxylic acids is 2. The van der Waals surface area contributed by atoms with Crippen molar-refractivity contribution >= 4 is 46.2 Å². The van der Waals surface area contributed by atoms with Crippen LogP contribution in [-0.4, -0.2) is 57.2 Å². The highest BCUT2D eigenvalue weighted by atomic mass is 32.2. The summed E-state index contributed by atoms with van der Waals surface area (Å²) in [6.45, 7) is 2.16. The fourth-order valence-corrected chi connectivity index (χ4v) is 6.35. The molecule has 4 heterocycles. The van der Waals surface area contributed by atoms with Crippen molar-refractivity contribution in [3.63, 3.8) is 0 Å². The Kier molecular flexibility index (Phi) is 6.31. The number of amides is 2. The lowest BCUT2D eigenvalue weighted by molar-refractivity contribution is -0.134. The Morgan fingerprint density at radius 3 is 2.82 bits per heavy atom. The fourth-order valence-electron chi connectivity index (χ4n) is 5.04. The Labute approximate surface area is 207 Å². The highest BCUT2D eigenvalue weighted by molar-refractivity contribution is 8.26. The minimum absolute atomic E-state index is 0.0206. The maximum atomic E-state index is 13.1. The lowest BCUT2D eigenvalue weighted by Crippen LogP contribution is -2.49. The molecule has 7 nitrogen and oxygen atoms in total. The van der Waals surface area contributed by atoms with E-state index in [1.165, 1.54) is 16.7 Å². The monoisotopic (exact) mass is 495 g/mol. The van der Waals surface area contributed by atoms with Crippen molar-refractivity contribution in [2.45, 2.75) is 25.3 Å². The number of thiocarbonyl (C=S) groups is 1. The first-order chi connectivity index (χ1) is 16.4. The predicted molar refractivity (Wildman–Crippen MR) is 136 cm³/mol. The number of thioether (sulfide) groups is 1. The van der Waals surface area contributed by atoms with Crippen LogP contribution in [0.25, 0.3) is 6.08 Å². The zero-order valence-corrected chi connectivity index (χ0v) is 20.4. The molecule has 176 valence electrons. The lowest BCUT2D eigenvalue weighted by atomic mass is 9.83. The molecule has 0 N–H and O–H groups in total. The van der Waals surface area contributed by atoms with Gasteiger partial charge in [0.2, 0.25) is 5.91 Å². The molecule has 3 aliphatic heterocycles. The average molecular weight is 496 g/mol. The maximum Gasteiger partial charge on any atom is 0.266 e. The van der Waals surface area contributed by atoms with Crippen LogP contribution >= 0.6 is 24.0 Å². The van der Waals surface area contributed by atoms with Gasteiger partial charge in [0.25, 0.3) is 11.5 Å². The molecule has 2 aromatic rings. The van der Waals surface area contributed by atoms with Gasteiger partial charge in [-0.1, -0.05) is 42.2 Å². The molecule has 2 fully saturated rings. The van der Waals surface area contributed by atoms with Gasteiger partial charge in [-0.3, -0.25) is 19.3 Å². The van der Waals surface area contributed by atoms with E-state index in [0.717, 1.165) is 17.7 Å². The third-order valence-electron chi connectivity index (χ3n) is 6.65. The van der Waals surface area contributed by atoms with E-state index in [2.05, 4.69) is 0 Å². The number of piperidine rings is 1. The smallest absolute Gasteiger partial charge is 0.266 e. The number of hydrogen-bond acceptors (Lipinski definition) is 6. The zero-order valence-electron chi connectivity index (χ0n) is 18.8. The Balaban J connectivity index is 1.23. The second-order valence-corrected chi connectivity index (χ2v) is 10.5. The predicted octanol–water partition coefficient (Wildman–Crippen LogP) is 3.09. The average Bonchev–Trinajstić information content (AvgIpc) is 3.10. The minimum Gasteiger partial charge on any atom is -0.497 e. The van der Waals surface area contributed by atoms with Gasteiger partial charge in [-0.2, -0.15) is 0 Å². The van der Waals surface area contributed by atoms with E-state index >= 15 is 0 Å².